The molecule has 0 spiro atoms. The monoisotopic (exact) mass is 480 g/mol. The van der Waals surface area contributed by atoms with Crippen LogP contribution in [0.3, 0.4) is 0 Å². The summed E-state index contributed by atoms with van der Waals surface area (Å²) < 4.78 is 67.3. The molecule has 178 valence electrons. The number of anilines is 2. The molecule has 5 nitrogen and oxygen atoms in total. The summed E-state index contributed by atoms with van der Waals surface area (Å²) in [6.07, 6.45) is -0.636. The molecule has 2 aromatic carbocycles. The lowest BCUT2D eigenvalue weighted by atomic mass is 9.71. The minimum atomic E-state index is -4.52. The fourth-order valence-corrected chi connectivity index (χ4v) is 7.53. The molecule has 0 heterocycles. The van der Waals surface area contributed by atoms with E-state index in [9.17, 15) is 26.4 Å². The first-order valence-electron chi connectivity index (χ1n) is 10.9. The molecule has 2 bridgehead atoms. The zero-order chi connectivity index (χ0) is 24.1. The van der Waals surface area contributed by atoms with Gasteiger partial charge in [0, 0.05) is 16.9 Å². The number of halogens is 3. The van der Waals surface area contributed by atoms with Gasteiger partial charge in [-0.15, -0.1) is 0 Å². The van der Waals surface area contributed by atoms with Crippen molar-refractivity contribution in [1.82, 2.24) is 0 Å². The number of carbonyl (C=O) groups excluding carboxylic acids is 1. The van der Waals surface area contributed by atoms with Crippen LogP contribution in [0.4, 0.5) is 24.5 Å². The van der Waals surface area contributed by atoms with Gasteiger partial charge in [0.05, 0.1) is 11.3 Å². The topological polar surface area (TPSA) is 75.3 Å². The molecule has 0 atom stereocenters. The fraction of sp³-hybridized carbons (Fsp3) is 0.458. The van der Waals surface area contributed by atoms with Gasteiger partial charge in [-0.05, 0) is 78.8 Å². The molecule has 2 N–H and O–H groups in total. The first-order valence-corrected chi connectivity index (χ1v) is 12.6. The normalized spacial score (nSPS) is 24.0. The highest BCUT2D eigenvalue weighted by Gasteiger charge is 2.60. The number of carbonyl (C=O) groups is 1. The van der Waals surface area contributed by atoms with Crippen molar-refractivity contribution >= 4 is 27.3 Å². The predicted molar refractivity (Wildman–Crippen MR) is 121 cm³/mol. The molecular weight excluding hydrogens is 453 g/mol. The van der Waals surface area contributed by atoms with Crippen LogP contribution in [0.2, 0.25) is 0 Å². The molecule has 2 aliphatic carbocycles. The number of hydrogen-bond donors (Lipinski definition) is 2. The quantitative estimate of drug-likeness (QED) is 0.539. The second-order valence-corrected chi connectivity index (χ2v) is 11.5. The maximum absolute atomic E-state index is 13.0. The third-order valence-electron chi connectivity index (χ3n) is 7.64. The molecule has 2 fully saturated rings. The average molecular weight is 481 g/mol. The van der Waals surface area contributed by atoms with Gasteiger partial charge in [0.15, 0.2) is 0 Å². The minimum Gasteiger partial charge on any atom is -0.322 e. The first-order chi connectivity index (χ1) is 15.3. The number of alkyl halides is 3. The van der Waals surface area contributed by atoms with Gasteiger partial charge >= 0.3 is 6.18 Å². The lowest BCUT2D eigenvalue weighted by Crippen LogP contribution is -2.39. The summed E-state index contributed by atoms with van der Waals surface area (Å²) in [7, 11) is -3.66. The van der Waals surface area contributed by atoms with Gasteiger partial charge in [-0.3, -0.25) is 9.52 Å². The van der Waals surface area contributed by atoms with Crippen molar-refractivity contribution in [3.8, 4) is 0 Å². The van der Waals surface area contributed by atoms with Gasteiger partial charge in [-0.2, -0.15) is 13.2 Å². The van der Waals surface area contributed by atoms with E-state index in [2.05, 4.69) is 23.9 Å². The summed E-state index contributed by atoms with van der Waals surface area (Å²) >= 11 is 0. The number of benzene rings is 2. The Labute approximate surface area is 191 Å². The van der Waals surface area contributed by atoms with Crippen molar-refractivity contribution in [3.05, 3.63) is 59.7 Å². The highest BCUT2D eigenvalue weighted by molar-refractivity contribution is 7.92. The molecule has 0 radical (unpaired) electrons. The Morgan fingerprint density at radius 3 is 2.27 bits per heavy atom. The van der Waals surface area contributed by atoms with E-state index in [4.69, 9.17) is 0 Å². The Morgan fingerprint density at radius 1 is 1.03 bits per heavy atom. The third-order valence-corrected chi connectivity index (χ3v) is 9.12. The van der Waals surface area contributed by atoms with Gasteiger partial charge in [-0.25, -0.2) is 8.42 Å². The molecule has 33 heavy (non-hydrogen) atoms. The molecule has 1 amide bonds. The number of sulfonamides is 1. The van der Waals surface area contributed by atoms with Gasteiger partial charge in [0.25, 0.3) is 5.91 Å². The summed E-state index contributed by atoms with van der Waals surface area (Å²) in [6.45, 7) is 4.32. The fourth-order valence-electron chi connectivity index (χ4n) is 5.58. The van der Waals surface area contributed by atoms with Gasteiger partial charge in [0.1, 0.15) is 0 Å². The summed E-state index contributed by atoms with van der Waals surface area (Å²) in [5.74, 6) is -0.0513. The molecule has 0 aromatic heterocycles. The Morgan fingerprint density at radius 2 is 1.67 bits per heavy atom. The molecule has 2 saturated carbocycles. The van der Waals surface area contributed by atoms with Crippen LogP contribution in [-0.2, 0) is 16.2 Å². The average Bonchev–Trinajstić information content (AvgIpc) is 3.10. The number of nitrogens with one attached hydrogen (secondary N) is 2. The van der Waals surface area contributed by atoms with E-state index in [1.807, 2.05) is 0 Å². The van der Waals surface area contributed by atoms with Crippen LogP contribution >= 0.6 is 0 Å². The number of fused-ring (bicyclic) bond motifs is 2. The van der Waals surface area contributed by atoms with Crippen molar-refractivity contribution in [2.24, 2.45) is 16.7 Å². The maximum Gasteiger partial charge on any atom is 0.416 e. The number of rotatable bonds is 6. The molecule has 0 aliphatic heterocycles. The van der Waals surface area contributed by atoms with E-state index >= 15 is 0 Å². The van der Waals surface area contributed by atoms with Crippen LogP contribution in [0.25, 0.3) is 0 Å². The zero-order valence-electron chi connectivity index (χ0n) is 18.5. The number of amides is 1. The van der Waals surface area contributed by atoms with Crippen LogP contribution < -0.4 is 10.0 Å². The van der Waals surface area contributed by atoms with Crippen LogP contribution in [0.1, 0.15) is 55.5 Å². The Bertz CT molecular complexity index is 1170. The lowest BCUT2D eigenvalue weighted by molar-refractivity contribution is -0.137. The molecule has 4 rings (SSSR count). The van der Waals surface area contributed by atoms with Crippen LogP contribution in [0.15, 0.2) is 48.5 Å². The smallest absolute Gasteiger partial charge is 0.322 e. The largest absolute Gasteiger partial charge is 0.416 e. The minimum absolute atomic E-state index is 0.000777. The molecule has 9 heteroatoms. The van der Waals surface area contributed by atoms with Crippen LogP contribution in [-0.4, -0.2) is 20.1 Å². The van der Waals surface area contributed by atoms with Crippen molar-refractivity contribution < 1.29 is 26.4 Å². The number of hydrogen-bond acceptors (Lipinski definition) is 3. The van der Waals surface area contributed by atoms with Gasteiger partial charge in [0.2, 0.25) is 10.0 Å². The highest BCUT2D eigenvalue weighted by atomic mass is 32.2. The SMILES string of the molecule is CC1(C)C2CCC1(CS(=O)(=O)Nc1cccc(C(=O)Nc3cccc(C(F)(F)F)c3)c1)CC2. The van der Waals surface area contributed by atoms with Crippen LogP contribution in [0.5, 0.6) is 0 Å². The summed E-state index contributed by atoms with van der Waals surface area (Å²) in [4.78, 5) is 12.6. The predicted octanol–water partition coefficient (Wildman–Crippen LogP) is 5.92. The van der Waals surface area contributed by atoms with Crippen LogP contribution in [0, 0.1) is 16.7 Å². The Balaban J connectivity index is 1.47. The standard InChI is InChI=1S/C24H27F3N2O3S/c1-22(2)17-9-11-23(22,12-10-17)15-33(31,32)29-20-8-3-5-16(13-20)21(30)28-19-7-4-6-18(14-19)24(25,26)27/h3-8,13-14,17,29H,9-12,15H2,1-2H3,(H,28,30). The Kier molecular flexibility index (Phi) is 5.75. The maximum atomic E-state index is 13.0. The molecule has 2 aliphatic rings. The Hall–Kier alpha value is -2.55. The summed E-state index contributed by atoms with van der Waals surface area (Å²) in [5, 5.41) is 2.43. The van der Waals surface area contributed by atoms with E-state index in [0.29, 0.717) is 5.92 Å². The highest BCUT2D eigenvalue weighted by Crippen LogP contribution is 2.66. The lowest BCUT2D eigenvalue weighted by Gasteiger charge is -2.37. The van der Waals surface area contributed by atoms with Gasteiger partial charge in [-0.1, -0.05) is 26.0 Å². The van der Waals surface area contributed by atoms with E-state index in [0.717, 1.165) is 37.8 Å². The van der Waals surface area contributed by atoms with Gasteiger partial charge < -0.3 is 5.32 Å². The van der Waals surface area contributed by atoms with E-state index < -0.39 is 27.7 Å². The van der Waals surface area contributed by atoms with Crippen molar-refractivity contribution in [3.63, 3.8) is 0 Å². The second kappa shape index (κ2) is 8.04. The van der Waals surface area contributed by atoms with Crippen molar-refractivity contribution in [1.29, 1.82) is 0 Å². The van der Waals surface area contributed by atoms with E-state index in [1.54, 1.807) is 6.07 Å². The molecule has 2 aromatic rings. The van der Waals surface area contributed by atoms with Crippen molar-refractivity contribution in [2.75, 3.05) is 15.8 Å². The zero-order valence-corrected chi connectivity index (χ0v) is 19.3. The van der Waals surface area contributed by atoms with E-state index in [-0.39, 0.29) is 33.5 Å². The molecule has 0 unspecified atom stereocenters. The summed E-state index contributed by atoms with van der Waals surface area (Å²) in [5.41, 5.74) is -0.776. The third kappa shape index (κ3) is 4.60. The van der Waals surface area contributed by atoms with Crippen molar-refractivity contribution in [2.45, 2.75) is 45.7 Å². The molecule has 0 saturated heterocycles. The van der Waals surface area contributed by atoms with E-state index in [1.165, 1.54) is 30.3 Å². The first kappa shape index (κ1) is 23.6. The summed E-state index contributed by atoms with van der Waals surface area (Å²) in [6, 6.07) is 10.3. The molecular formula is C24H27F3N2O3S. The second-order valence-electron chi connectivity index (χ2n) is 9.75.